The van der Waals surface area contributed by atoms with Crippen LogP contribution in [0.4, 0.5) is 14.5 Å². The van der Waals surface area contributed by atoms with E-state index in [0.29, 0.717) is 11.3 Å². The zero-order valence-electron chi connectivity index (χ0n) is 15.2. The van der Waals surface area contributed by atoms with Crippen molar-refractivity contribution in [3.63, 3.8) is 0 Å². The minimum absolute atomic E-state index is 0.0884. The molecule has 144 valence electrons. The Morgan fingerprint density at radius 3 is 2.64 bits per heavy atom. The second-order valence-electron chi connectivity index (χ2n) is 6.58. The summed E-state index contributed by atoms with van der Waals surface area (Å²) in [5.74, 6) is -1.66. The normalized spacial score (nSPS) is 15.1. The molecule has 0 N–H and O–H groups in total. The number of carbonyl (C=O) groups is 2. The average molecular weight is 384 g/mol. The first-order valence-electron chi connectivity index (χ1n) is 8.83. The third kappa shape index (κ3) is 3.86. The van der Waals surface area contributed by atoms with E-state index in [0.717, 1.165) is 0 Å². The second kappa shape index (κ2) is 8.17. The monoisotopic (exact) mass is 384 g/mol. The van der Waals surface area contributed by atoms with Crippen molar-refractivity contribution in [2.45, 2.75) is 25.7 Å². The van der Waals surface area contributed by atoms with Crippen molar-refractivity contribution >= 4 is 17.4 Å². The molecule has 0 aromatic heterocycles. The van der Waals surface area contributed by atoms with Crippen molar-refractivity contribution in [3.05, 3.63) is 59.2 Å². The number of benzene rings is 2. The molecule has 0 radical (unpaired) electrons. The van der Waals surface area contributed by atoms with Gasteiger partial charge < -0.3 is 9.64 Å². The SMILES string of the molecule is CC1CC(=O)c2c(OCC(=O)N(CCC#N)c3ccc(F)cc3)ccc(F)c21. The van der Waals surface area contributed by atoms with Crippen molar-refractivity contribution in [2.24, 2.45) is 0 Å². The van der Waals surface area contributed by atoms with Crippen molar-refractivity contribution < 1.29 is 23.1 Å². The number of fused-ring (bicyclic) bond motifs is 1. The first-order valence-corrected chi connectivity index (χ1v) is 8.83. The van der Waals surface area contributed by atoms with Gasteiger partial charge in [0.05, 0.1) is 18.1 Å². The minimum atomic E-state index is -0.464. The summed E-state index contributed by atoms with van der Waals surface area (Å²) >= 11 is 0. The maximum atomic E-state index is 14.1. The molecule has 5 nitrogen and oxygen atoms in total. The van der Waals surface area contributed by atoms with E-state index in [1.54, 1.807) is 6.92 Å². The Morgan fingerprint density at radius 2 is 1.96 bits per heavy atom. The number of nitrogens with zero attached hydrogens (tertiary/aromatic N) is 2. The van der Waals surface area contributed by atoms with Gasteiger partial charge in [0.15, 0.2) is 12.4 Å². The average Bonchev–Trinajstić information content (AvgIpc) is 2.98. The van der Waals surface area contributed by atoms with Crippen molar-refractivity contribution in [3.8, 4) is 11.8 Å². The molecule has 3 rings (SSSR count). The van der Waals surface area contributed by atoms with Gasteiger partial charge >= 0.3 is 0 Å². The molecule has 0 saturated heterocycles. The summed E-state index contributed by atoms with van der Waals surface area (Å²) in [6.45, 7) is 1.48. The summed E-state index contributed by atoms with van der Waals surface area (Å²) < 4.78 is 32.8. The fourth-order valence-electron chi connectivity index (χ4n) is 3.34. The highest BCUT2D eigenvalue weighted by Gasteiger charge is 2.32. The van der Waals surface area contributed by atoms with Crippen molar-refractivity contribution in [2.75, 3.05) is 18.1 Å². The van der Waals surface area contributed by atoms with Gasteiger partial charge in [0.2, 0.25) is 0 Å². The fraction of sp³-hybridized carbons (Fsp3) is 0.286. The molecule has 0 saturated carbocycles. The highest BCUT2D eigenvalue weighted by molar-refractivity contribution is 6.04. The predicted molar refractivity (Wildman–Crippen MR) is 98.2 cm³/mol. The summed E-state index contributed by atoms with van der Waals surface area (Å²) in [6, 6.07) is 9.84. The first kappa shape index (κ1) is 19.5. The van der Waals surface area contributed by atoms with Crippen LogP contribution < -0.4 is 9.64 Å². The van der Waals surface area contributed by atoms with Crippen LogP contribution in [-0.4, -0.2) is 24.8 Å². The van der Waals surface area contributed by atoms with Crippen LogP contribution in [0.5, 0.6) is 5.75 Å². The van der Waals surface area contributed by atoms with E-state index in [9.17, 15) is 18.4 Å². The number of ether oxygens (including phenoxy) is 1. The van der Waals surface area contributed by atoms with Gasteiger partial charge in [0.25, 0.3) is 5.91 Å². The highest BCUT2D eigenvalue weighted by atomic mass is 19.1. The second-order valence-corrected chi connectivity index (χ2v) is 6.58. The van der Waals surface area contributed by atoms with Gasteiger partial charge in [-0.3, -0.25) is 9.59 Å². The third-order valence-corrected chi connectivity index (χ3v) is 4.66. The van der Waals surface area contributed by atoms with Gasteiger partial charge in [-0.25, -0.2) is 8.78 Å². The molecule has 0 bridgehead atoms. The lowest BCUT2D eigenvalue weighted by Gasteiger charge is -2.22. The minimum Gasteiger partial charge on any atom is -0.483 e. The standard InChI is InChI=1S/C21H18F2N2O3/c1-13-11-17(26)21-18(8-7-16(23)20(13)21)28-12-19(27)25(10-2-9-24)15-5-3-14(22)4-6-15/h3-8,13H,2,10-12H2,1H3. The molecule has 1 unspecified atom stereocenters. The lowest BCUT2D eigenvalue weighted by atomic mass is 10.0. The number of hydrogen-bond acceptors (Lipinski definition) is 4. The smallest absolute Gasteiger partial charge is 0.264 e. The Kier molecular flexibility index (Phi) is 5.69. The van der Waals surface area contributed by atoms with Gasteiger partial charge in [0, 0.05) is 24.2 Å². The van der Waals surface area contributed by atoms with Crippen molar-refractivity contribution in [1.29, 1.82) is 5.26 Å². The number of hydrogen-bond donors (Lipinski definition) is 0. The summed E-state index contributed by atoms with van der Waals surface area (Å²) in [7, 11) is 0. The highest BCUT2D eigenvalue weighted by Crippen LogP contribution is 2.39. The number of anilines is 1. The molecular weight excluding hydrogens is 366 g/mol. The Labute approximate surface area is 161 Å². The van der Waals surface area contributed by atoms with Gasteiger partial charge in [0.1, 0.15) is 17.4 Å². The Morgan fingerprint density at radius 1 is 1.25 bits per heavy atom. The molecule has 0 aliphatic heterocycles. The first-order chi connectivity index (χ1) is 13.4. The van der Waals surface area contributed by atoms with Gasteiger partial charge in [-0.05, 0) is 42.3 Å². The van der Waals surface area contributed by atoms with E-state index < -0.39 is 24.1 Å². The van der Waals surface area contributed by atoms with Gasteiger partial charge in [-0.2, -0.15) is 5.26 Å². The molecule has 1 atom stereocenters. The Bertz CT molecular complexity index is 951. The van der Waals surface area contributed by atoms with E-state index in [2.05, 4.69) is 0 Å². The maximum absolute atomic E-state index is 14.1. The lowest BCUT2D eigenvalue weighted by Crippen LogP contribution is -2.35. The number of Topliss-reactive ketones (excluding diaryl/α,β-unsaturated/α-hetero) is 1. The number of carbonyl (C=O) groups excluding carboxylic acids is 2. The molecule has 2 aromatic rings. The maximum Gasteiger partial charge on any atom is 0.264 e. The van der Waals surface area contributed by atoms with Crippen LogP contribution in [0.15, 0.2) is 36.4 Å². The van der Waals surface area contributed by atoms with Crippen LogP contribution in [0.1, 0.15) is 41.6 Å². The molecule has 0 heterocycles. The molecule has 7 heteroatoms. The molecule has 28 heavy (non-hydrogen) atoms. The van der Waals surface area contributed by atoms with E-state index in [-0.39, 0.29) is 42.4 Å². The predicted octanol–water partition coefficient (Wildman–Crippen LogP) is 3.98. The third-order valence-electron chi connectivity index (χ3n) is 4.66. The van der Waals surface area contributed by atoms with E-state index in [4.69, 9.17) is 10.00 Å². The molecule has 0 fully saturated rings. The Hall–Kier alpha value is -3.27. The lowest BCUT2D eigenvalue weighted by molar-refractivity contribution is -0.120. The van der Waals surface area contributed by atoms with Crippen LogP contribution >= 0.6 is 0 Å². The van der Waals surface area contributed by atoms with Gasteiger partial charge in [-0.15, -0.1) is 0 Å². The summed E-state index contributed by atoms with van der Waals surface area (Å²) in [4.78, 5) is 26.2. The zero-order valence-corrected chi connectivity index (χ0v) is 15.2. The number of amides is 1. The number of nitriles is 1. The van der Waals surface area contributed by atoms with Crippen LogP contribution in [-0.2, 0) is 4.79 Å². The zero-order chi connectivity index (χ0) is 20.3. The van der Waals surface area contributed by atoms with Crippen LogP contribution in [0.25, 0.3) is 0 Å². The van der Waals surface area contributed by atoms with Crippen molar-refractivity contribution in [1.82, 2.24) is 0 Å². The summed E-state index contributed by atoms with van der Waals surface area (Å²) in [5, 5.41) is 8.83. The summed E-state index contributed by atoms with van der Waals surface area (Å²) in [5.41, 5.74) is 0.930. The molecule has 1 aliphatic rings. The van der Waals surface area contributed by atoms with Crippen LogP contribution in [0, 0.1) is 23.0 Å². The largest absolute Gasteiger partial charge is 0.483 e. The number of ketones is 1. The van der Waals surface area contributed by atoms with E-state index in [1.165, 1.54) is 41.3 Å². The fourth-order valence-corrected chi connectivity index (χ4v) is 3.34. The number of halogens is 2. The molecule has 1 aliphatic carbocycles. The Balaban J connectivity index is 1.79. The van der Waals surface area contributed by atoms with Gasteiger partial charge in [-0.1, -0.05) is 6.92 Å². The molecular formula is C21H18F2N2O3. The quantitative estimate of drug-likeness (QED) is 0.755. The summed E-state index contributed by atoms with van der Waals surface area (Å²) in [6.07, 6.45) is 0.287. The molecule has 0 spiro atoms. The van der Waals surface area contributed by atoms with Crippen LogP contribution in [0.2, 0.25) is 0 Å². The van der Waals surface area contributed by atoms with E-state index >= 15 is 0 Å². The number of rotatable bonds is 6. The molecule has 1 amide bonds. The molecule has 2 aromatic carbocycles. The van der Waals surface area contributed by atoms with E-state index in [1.807, 2.05) is 6.07 Å². The topological polar surface area (TPSA) is 70.4 Å². The van der Waals surface area contributed by atoms with Crippen LogP contribution in [0.3, 0.4) is 0 Å².